The zero-order valence-electron chi connectivity index (χ0n) is 10.2. The number of halogens is 1. The van der Waals surface area contributed by atoms with E-state index in [0.717, 1.165) is 18.7 Å². The van der Waals surface area contributed by atoms with Gasteiger partial charge >= 0.3 is 5.97 Å². The van der Waals surface area contributed by atoms with E-state index in [4.69, 9.17) is 9.84 Å². The number of hydrogen-bond donors (Lipinski definition) is 1. The van der Waals surface area contributed by atoms with Crippen molar-refractivity contribution in [3.8, 4) is 5.75 Å². The molecule has 1 saturated heterocycles. The van der Waals surface area contributed by atoms with Crippen LogP contribution in [0, 0.1) is 11.7 Å². The van der Waals surface area contributed by atoms with Gasteiger partial charge in [-0.25, -0.2) is 4.39 Å². The fraction of sp³-hybridized carbons (Fsp3) is 0.462. The number of nitrogens with zero attached hydrogens (tertiary/aromatic N) is 1. The largest absolute Gasteiger partial charge is 0.494 e. The van der Waals surface area contributed by atoms with Crippen molar-refractivity contribution in [3.63, 3.8) is 0 Å². The summed E-state index contributed by atoms with van der Waals surface area (Å²) in [7, 11) is 1.43. The zero-order valence-corrected chi connectivity index (χ0v) is 10.2. The first-order chi connectivity index (χ1) is 8.58. The molecule has 1 heterocycles. The van der Waals surface area contributed by atoms with Gasteiger partial charge in [-0.2, -0.15) is 0 Å². The van der Waals surface area contributed by atoms with E-state index in [-0.39, 0.29) is 23.9 Å². The van der Waals surface area contributed by atoms with Crippen molar-refractivity contribution in [1.82, 2.24) is 4.90 Å². The normalized spacial score (nSPS) is 16.3. The number of hydrogen-bond acceptors (Lipinski definition) is 3. The molecule has 0 spiro atoms. The quantitative estimate of drug-likeness (QED) is 0.868. The maximum Gasteiger partial charge on any atom is 0.303 e. The molecule has 1 aliphatic rings. The first-order valence-electron chi connectivity index (χ1n) is 5.85. The highest BCUT2D eigenvalue weighted by Gasteiger charge is 2.28. The lowest BCUT2D eigenvalue weighted by molar-refractivity contribution is -0.139. The third-order valence-corrected chi connectivity index (χ3v) is 3.12. The molecule has 0 unspecified atom stereocenters. The minimum atomic E-state index is -0.754. The van der Waals surface area contributed by atoms with Crippen molar-refractivity contribution in [2.24, 2.45) is 5.92 Å². The molecule has 1 aromatic carbocycles. The van der Waals surface area contributed by atoms with E-state index < -0.39 is 5.97 Å². The van der Waals surface area contributed by atoms with Crippen molar-refractivity contribution in [1.29, 1.82) is 0 Å². The molecular formula is C13H16FNO3. The molecule has 0 radical (unpaired) electrons. The van der Waals surface area contributed by atoms with Crippen molar-refractivity contribution >= 4 is 5.97 Å². The highest BCUT2D eigenvalue weighted by Crippen LogP contribution is 2.23. The molecule has 1 aliphatic heterocycles. The van der Waals surface area contributed by atoms with Gasteiger partial charge in [-0.15, -0.1) is 0 Å². The number of likely N-dealkylation sites (tertiary alicyclic amines) is 1. The maximum atomic E-state index is 13.5. The van der Waals surface area contributed by atoms with E-state index in [1.54, 1.807) is 6.07 Å². The second-order valence-electron chi connectivity index (χ2n) is 4.63. The summed E-state index contributed by atoms with van der Waals surface area (Å²) in [6.45, 7) is 2.18. The summed E-state index contributed by atoms with van der Waals surface area (Å²) in [5.74, 6) is -0.649. The van der Waals surface area contributed by atoms with Gasteiger partial charge in [-0.05, 0) is 23.6 Å². The van der Waals surface area contributed by atoms with E-state index in [1.165, 1.54) is 13.2 Å². The van der Waals surface area contributed by atoms with Gasteiger partial charge in [-0.3, -0.25) is 9.69 Å². The van der Waals surface area contributed by atoms with Gasteiger partial charge in [0.15, 0.2) is 11.6 Å². The Labute approximate surface area is 105 Å². The average Bonchev–Trinajstić information content (AvgIpc) is 2.26. The number of benzene rings is 1. The molecule has 1 aromatic rings. The van der Waals surface area contributed by atoms with Crippen LogP contribution in [0.4, 0.5) is 4.39 Å². The van der Waals surface area contributed by atoms with E-state index in [2.05, 4.69) is 4.90 Å². The molecule has 4 nitrogen and oxygen atoms in total. The van der Waals surface area contributed by atoms with Crippen molar-refractivity contribution in [3.05, 3.63) is 29.6 Å². The standard InChI is InChI=1S/C13H16FNO3/c1-18-12-3-2-9(4-11(12)14)6-15-7-10(8-15)5-13(16)17/h2-4,10H,5-8H2,1H3,(H,16,17). The Morgan fingerprint density at radius 2 is 2.28 bits per heavy atom. The van der Waals surface area contributed by atoms with Gasteiger partial charge < -0.3 is 9.84 Å². The lowest BCUT2D eigenvalue weighted by Gasteiger charge is -2.38. The predicted molar refractivity (Wildman–Crippen MR) is 64.0 cm³/mol. The number of carboxylic acids is 1. The van der Waals surface area contributed by atoms with Gasteiger partial charge in [0.1, 0.15) is 0 Å². The third kappa shape index (κ3) is 2.98. The first kappa shape index (κ1) is 12.8. The maximum absolute atomic E-state index is 13.5. The molecule has 0 bridgehead atoms. The summed E-state index contributed by atoms with van der Waals surface area (Å²) >= 11 is 0. The molecule has 2 rings (SSSR count). The van der Waals surface area contributed by atoms with E-state index in [0.29, 0.717) is 6.54 Å². The van der Waals surface area contributed by atoms with E-state index >= 15 is 0 Å². The first-order valence-corrected chi connectivity index (χ1v) is 5.85. The van der Waals surface area contributed by atoms with Gasteiger partial charge in [0.25, 0.3) is 0 Å². The van der Waals surface area contributed by atoms with Crippen LogP contribution in [0.1, 0.15) is 12.0 Å². The van der Waals surface area contributed by atoms with Crippen LogP contribution in [0.15, 0.2) is 18.2 Å². The van der Waals surface area contributed by atoms with Crippen LogP contribution in [0.25, 0.3) is 0 Å². The van der Waals surface area contributed by atoms with Gasteiger partial charge in [-0.1, -0.05) is 6.07 Å². The van der Waals surface area contributed by atoms with E-state index in [1.807, 2.05) is 6.07 Å². The van der Waals surface area contributed by atoms with Crippen LogP contribution in [0.5, 0.6) is 5.75 Å². The lowest BCUT2D eigenvalue weighted by Crippen LogP contribution is -2.46. The zero-order chi connectivity index (χ0) is 13.1. The van der Waals surface area contributed by atoms with Gasteiger partial charge in [0, 0.05) is 19.6 Å². The summed E-state index contributed by atoms with van der Waals surface area (Å²) in [6, 6.07) is 4.90. The second-order valence-corrected chi connectivity index (χ2v) is 4.63. The smallest absolute Gasteiger partial charge is 0.303 e. The Morgan fingerprint density at radius 1 is 1.56 bits per heavy atom. The molecule has 0 aliphatic carbocycles. The van der Waals surface area contributed by atoms with Gasteiger partial charge in [0.05, 0.1) is 13.5 Å². The van der Waals surface area contributed by atoms with Gasteiger partial charge in [0.2, 0.25) is 0 Å². The minimum absolute atomic E-state index is 0.216. The molecule has 98 valence electrons. The Kier molecular flexibility index (Phi) is 3.81. The molecule has 18 heavy (non-hydrogen) atoms. The molecule has 1 fully saturated rings. The summed E-state index contributed by atoms with van der Waals surface area (Å²) in [5.41, 5.74) is 0.877. The number of rotatable bonds is 5. The number of carboxylic acid groups (broad SMARTS) is 1. The molecule has 0 aromatic heterocycles. The fourth-order valence-electron chi connectivity index (χ4n) is 2.25. The van der Waals surface area contributed by atoms with Crippen molar-refractivity contribution in [2.45, 2.75) is 13.0 Å². The van der Waals surface area contributed by atoms with Crippen LogP contribution in [0.3, 0.4) is 0 Å². The molecule has 0 atom stereocenters. The lowest BCUT2D eigenvalue weighted by atomic mass is 9.96. The molecule has 0 amide bonds. The molecular weight excluding hydrogens is 237 g/mol. The molecule has 0 saturated carbocycles. The van der Waals surface area contributed by atoms with Crippen LogP contribution in [-0.4, -0.2) is 36.2 Å². The van der Waals surface area contributed by atoms with Crippen LogP contribution >= 0.6 is 0 Å². The van der Waals surface area contributed by atoms with Crippen LogP contribution < -0.4 is 4.74 Å². The highest BCUT2D eigenvalue weighted by atomic mass is 19.1. The van der Waals surface area contributed by atoms with Crippen molar-refractivity contribution < 1.29 is 19.0 Å². The fourth-order valence-corrected chi connectivity index (χ4v) is 2.25. The highest BCUT2D eigenvalue weighted by molar-refractivity contribution is 5.67. The summed E-state index contributed by atoms with van der Waals surface area (Å²) < 4.78 is 18.3. The predicted octanol–water partition coefficient (Wildman–Crippen LogP) is 1.74. The summed E-state index contributed by atoms with van der Waals surface area (Å²) in [4.78, 5) is 12.6. The average molecular weight is 253 g/mol. The topological polar surface area (TPSA) is 49.8 Å². The number of carbonyl (C=O) groups is 1. The SMILES string of the molecule is COc1ccc(CN2CC(CC(=O)O)C2)cc1F. The monoisotopic (exact) mass is 253 g/mol. The van der Waals surface area contributed by atoms with Crippen LogP contribution in [-0.2, 0) is 11.3 Å². The minimum Gasteiger partial charge on any atom is -0.494 e. The third-order valence-electron chi connectivity index (χ3n) is 3.12. The van der Waals surface area contributed by atoms with Crippen LogP contribution in [0.2, 0.25) is 0 Å². The number of aliphatic carboxylic acids is 1. The van der Waals surface area contributed by atoms with E-state index in [9.17, 15) is 9.18 Å². The molecule has 1 N–H and O–H groups in total. The Bertz CT molecular complexity index is 444. The summed E-state index contributed by atoms with van der Waals surface area (Å²) in [5, 5.41) is 8.64. The Balaban J connectivity index is 1.85. The Hall–Kier alpha value is -1.62. The Morgan fingerprint density at radius 3 is 2.83 bits per heavy atom. The second kappa shape index (κ2) is 5.35. The van der Waals surface area contributed by atoms with Crippen molar-refractivity contribution in [2.75, 3.05) is 20.2 Å². The number of methoxy groups -OCH3 is 1. The number of ether oxygens (including phenoxy) is 1. The molecule has 5 heteroatoms. The summed E-state index contributed by atoms with van der Waals surface area (Å²) in [6.07, 6.45) is 0.216.